The van der Waals surface area contributed by atoms with Gasteiger partial charge in [-0.1, -0.05) is 25.5 Å². The zero-order valence-corrected chi connectivity index (χ0v) is 14.8. The lowest BCUT2D eigenvalue weighted by molar-refractivity contribution is 0.647. The van der Waals surface area contributed by atoms with Crippen LogP contribution < -0.4 is 10.2 Å². The molecule has 0 radical (unpaired) electrons. The van der Waals surface area contributed by atoms with Crippen LogP contribution in [0.3, 0.4) is 0 Å². The minimum absolute atomic E-state index is 0.388. The molecule has 24 heavy (non-hydrogen) atoms. The second kappa shape index (κ2) is 5.55. The Morgan fingerprint density at radius 2 is 1.92 bits per heavy atom. The monoisotopic (exact) mass is 320 g/mol. The molecule has 1 aromatic heterocycles. The summed E-state index contributed by atoms with van der Waals surface area (Å²) in [5.74, 6) is 1.03. The van der Waals surface area contributed by atoms with Gasteiger partial charge < -0.3 is 14.8 Å². The van der Waals surface area contributed by atoms with Crippen LogP contribution in [0.4, 0.5) is 11.4 Å². The van der Waals surface area contributed by atoms with E-state index in [0.29, 0.717) is 6.17 Å². The summed E-state index contributed by atoms with van der Waals surface area (Å²) >= 11 is 0. The van der Waals surface area contributed by atoms with Gasteiger partial charge in [-0.05, 0) is 43.2 Å². The first-order chi connectivity index (χ1) is 11.6. The lowest BCUT2D eigenvalue weighted by atomic mass is 10.0. The van der Waals surface area contributed by atoms with Crippen LogP contribution in [0, 0.1) is 6.92 Å². The normalized spacial score (nSPS) is 16.5. The average Bonchev–Trinajstić information content (AvgIpc) is 3.08. The second-order valence-electron chi connectivity index (χ2n) is 6.68. The van der Waals surface area contributed by atoms with Crippen molar-refractivity contribution in [2.45, 2.75) is 32.9 Å². The molecule has 0 fully saturated rings. The third-order valence-corrected chi connectivity index (χ3v) is 5.16. The van der Waals surface area contributed by atoms with Gasteiger partial charge >= 0.3 is 0 Å². The van der Waals surface area contributed by atoms with Crippen LogP contribution in [0.25, 0.3) is 22.4 Å². The molecule has 0 bridgehead atoms. The topological polar surface area (TPSA) is 33.1 Å². The molecule has 2 aromatic carbocycles. The summed E-state index contributed by atoms with van der Waals surface area (Å²) < 4.78 is 2.19. The van der Waals surface area contributed by atoms with Crippen LogP contribution >= 0.6 is 0 Å². The summed E-state index contributed by atoms with van der Waals surface area (Å²) in [6.07, 6.45) is 2.71. The van der Waals surface area contributed by atoms with Crippen molar-refractivity contribution in [3.05, 3.63) is 42.0 Å². The number of nitrogens with one attached hydrogen (secondary N) is 1. The molecule has 1 atom stereocenters. The summed E-state index contributed by atoms with van der Waals surface area (Å²) in [6, 6.07) is 12.7. The molecule has 0 spiro atoms. The first-order valence-electron chi connectivity index (χ1n) is 8.66. The van der Waals surface area contributed by atoms with Crippen LogP contribution in [0.1, 0.15) is 25.3 Å². The van der Waals surface area contributed by atoms with Gasteiger partial charge in [-0.15, -0.1) is 0 Å². The molecule has 4 rings (SSSR count). The van der Waals surface area contributed by atoms with Crippen LogP contribution in [0.2, 0.25) is 0 Å². The highest BCUT2D eigenvalue weighted by Gasteiger charge is 2.28. The third-order valence-electron chi connectivity index (χ3n) is 5.16. The van der Waals surface area contributed by atoms with Crippen LogP contribution in [0.15, 0.2) is 36.4 Å². The Morgan fingerprint density at radius 3 is 2.67 bits per heavy atom. The minimum Gasteiger partial charge on any atom is -0.364 e. The van der Waals surface area contributed by atoms with Crippen molar-refractivity contribution in [1.29, 1.82) is 0 Å². The number of rotatable bonds is 3. The fraction of sp³-hybridized carbons (Fsp3) is 0.350. The number of nitrogens with zero attached hydrogens (tertiary/aromatic N) is 3. The summed E-state index contributed by atoms with van der Waals surface area (Å²) in [5, 5.41) is 3.64. The summed E-state index contributed by atoms with van der Waals surface area (Å²) in [7, 11) is 4.28. The zero-order valence-electron chi connectivity index (χ0n) is 14.8. The Hall–Kier alpha value is -2.49. The number of hydrogen-bond acceptors (Lipinski definition) is 3. The standard InChI is InChI=1S/C20H24N4/c1-5-8-18-21-16-12-11-14(13(2)19(16)24(18)4)20-22-15-9-6-7-10-17(15)23(20)3/h6-7,9-12,18,21H,5,8H2,1-4H3. The van der Waals surface area contributed by atoms with Gasteiger partial charge in [0.25, 0.3) is 0 Å². The Bertz CT molecular complexity index is 909. The minimum atomic E-state index is 0.388. The smallest absolute Gasteiger partial charge is 0.141 e. The van der Waals surface area contributed by atoms with Gasteiger partial charge in [0.05, 0.1) is 28.6 Å². The molecule has 2 heterocycles. The van der Waals surface area contributed by atoms with Gasteiger partial charge in [0.15, 0.2) is 0 Å². The van der Waals surface area contributed by atoms with E-state index in [9.17, 15) is 0 Å². The zero-order chi connectivity index (χ0) is 16.8. The maximum atomic E-state index is 4.87. The van der Waals surface area contributed by atoms with Crippen LogP contribution in [-0.4, -0.2) is 22.8 Å². The maximum absolute atomic E-state index is 4.87. The van der Waals surface area contributed by atoms with E-state index < -0.39 is 0 Å². The predicted molar refractivity (Wildman–Crippen MR) is 102 cm³/mol. The lowest BCUT2D eigenvalue weighted by Crippen LogP contribution is -2.32. The molecular formula is C20H24N4. The largest absolute Gasteiger partial charge is 0.364 e. The molecule has 124 valence electrons. The number of benzene rings is 2. The number of imidazole rings is 1. The molecule has 3 aromatic rings. The van der Waals surface area contributed by atoms with E-state index >= 15 is 0 Å². The van der Waals surface area contributed by atoms with E-state index in [1.54, 1.807) is 0 Å². The summed E-state index contributed by atoms with van der Waals surface area (Å²) in [5.41, 5.74) is 7.25. The summed E-state index contributed by atoms with van der Waals surface area (Å²) in [4.78, 5) is 7.25. The van der Waals surface area contributed by atoms with Crippen molar-refractivity contribution >= 4 is 22.4 Å². The van der Waals surface area contributed by atoms with E-state index in [-0.39, 0.29) is 0 Å². The molecule has 0 saturated carbocycles. The molecule has 1 aliphatic heterocycles. The van der Waals surface area contributed by atoms with Crippen molar-refractivity contribution in [2.24, 2.45) is 7.05 Å². The first-order valence-corrected chi connectivity index (χ1v) is 8.66. The number of fused-ring (bicyclic) bond motifs is 2. The van der Waals surface area contributed by atoms with E-state index in [4.69, 9.17) is 4.98 Å². The quantitative estimate of drug-likeness (QED) is 0.769. The highest BCUT2D eigenvalue weighted by atomic mass is 15.3. The average molecular weight is 320 g/mol. The van der Waals surface area contributed by atoms with Crippen LogP contribution in [0.5, 0.6) is 0 Å². The molecule has 1 N–H and O–H groups in total. The van der Waals surface area contributed by atoms with Crippen molar-refractivity contribution in [3.63, 3.8) is 0 Å². The maximum Gasteiger partial charge on any atom is 0.141 e. The number of aromatic nitrogens is 2. The van der Waals surface area contributed by atoms with E-state index in [0.717, 1.165) is 17.8 Å². The first kappa shape index (κ1) is 15.1. The molecule has 1 aliphatic rings. The Balaban J connectivity index is 1.85. The fourth-order valence-electron chi connectivity index (χ4n) is 3.87. The molecule has 4 nitrogen and oxygen atoms in total. The number of anilines is 2. The van der Waals surface area contributed by atoms with Gasteiger partial charge in [0.1, 0.15) is 5.82 Å². The Labute approximate surface area is 143 Å². The summed E-state index contributed by atoms with van der Waals surface area (Å²) in [6.45, 7) is 4.44. The van der Waals surface area contributed by atoms with E-state index in [2.05, 4.69) is 73.1 Å². The van der Waals surface area contributed by atoms with Gasteiger partial charge in [0.2, 0.25) is 0 Å². The lowest BCUT2D eigenvalue weighted by Gasteiger charge is -2.23. The van der Waals surface area contributed by atoms with Gasteiger partial charge in [-0.2, -0.15) is 0 Å². The van der Waals surface area contributed by atoms with E-state index in [1.165, 1.54) is 34.4 Å². The Kier molecular flexibility index (Phi) is 3.48. The molecular weight excluding hydrogens is 296 g/mol. The van der Waals surface area contributed by atoms with Crippen molar-refractivity contribution in [2.75, 3.05) is 17.3 Å². The fourth-order valence-corrected chi connectivity index (χ4v) is 3.87. The molecule has 1 unspecified atom stereocenters. The predicted octanol–water partition coefficient (Wildman–Crippen LogP) is 4.54. The number of hydrogen-bond donors (Lipinski definition) is 1. The van der Waals surface area contributed by atoms with Gasteiger partial charge in [0, 0.05) is 19.7 Å². The number of para-hydroxylation sites is 2. The molecule has 0 aliphatic carbocycles. The third kappa shape index (κ3) is 2.09. The molecule has 4 heteroatoms. The van der Waals surface area contributed by atoms with Gasteiger partial charge in [-0.25, -0.2) is 4.98 Å². The number of aryl methyl sites for hydroxylation is 1. The highest BCUT2D eigenvalue weighted by molar-refractivity contribution is 5.87. The van der Waals surface area contributed by atoms with Gasteiger partial charge in [-0.3, -0.25) is 0 Å². The molecule has 0 amide bonds. The van der Waals surface area contributed by atoms with E-state index in [1.807, 2.05) is 6.07 Å². The second-order valence-corrected chi connectivity index (χ2v) is 6.68. The Morgan fingerprint density at radius 1 is 1.12 bits per heavy atom. The van der Waals surface area contributed by atoms with Crippen molar-refractivity contribution in [1.82, 2.24) is 9.55 Å². The van der Waals surface area contributed by atoms with Crippen molar-refractivity contribution < 1.29 is 0 Å². The highest BCUT2D eigenvalue weighted by Crippen LogP contribution is 2.42. The SMILES string of the molecule is CCCC1Nc2ccc(-c3nc4ccccc4n3C)c(C)c2N1C. The van der Waals surface area contributed by atoms with Crippen molar-refractivity contribution in [3.8, 4) is 11.4 Å². The molecule has 0 saturated heterocycles. The van der Waals surface area contributed by atoms with Crippen LogP contribution in [-0.2, 0) is 7.05 Å².